The van der Waals surface area contributed by atoms with Crippen molar-refractivity contribution < 1.29 is 4.74 Å². The minimum Gasteiger partial charge on any atom is -0.493 e. The van der Waals surface area contributed by atoms with Gasteiger partial charge in [0, 0.05) is 44.8 Å². The maximum absolute atomic E-state index is 5.59. The molecular weight excluding hydrogens is 475 g/mol. The van der Waals surface area contributed by atoms with Gasteiger partial charge in [0.2, 0.25) is 0 Å². The van der Waals surface area contributed by atoms with Gasteiger partial charge < -0.3 is 20.3 Å². The van der Waals surface area contributed by atoms with Crippen LogP contribution in [0, 0.1) is 6.92 Å². The number of hydrogen-bond donors (Lipinski definition) is 2. The molecule has 0 amide bonds. The Labute approximate surface area is 191 Å². The largest absolute Gasteiger partial charge is 0.493 e. The molecule has 2 aromatic rings. The summed E-state index contributed by atoms with van der Waals surface area (Å²) in [6, 6.07) is 15.8. The lowest BCUT2D eigenvalue weighted by Gasteiger charge is -2.20. The second-order valence-corrected chi connectivity index (χ2v) is 7.70. The topological polar surface area (TPSA) is 48.9 Å². The minimum absolute atomic E-state index is 0. The van der Waals surface area contributed by atoms with Crippen LogP contribution in [0.4, 0.5) is 5.69 Å². The smallest absolute Gasteiger partial charge is 0.191 e. The number of halogens is 1. The molecule has 1 fully saturated rings. The fourth-order valence-corrected chi connectivity index (χ4v) is 3.98. The molecule has 2 aliphatic rings. The van der Waals surface area contributed by atoms with Gasteiger partial charge >= 0.3 is 0 Å². The number of guanidine groups is 1. The number of fused-ring (bicyclic) bond motifs is 1. The van der Waals surface area contributed by atoms with Crippen LogP contribution in [0.15, 0.2) is 47.5 Å². The number of nitrogens with zero attached hydrogens (tertiary/aromatic N) is 2. The van der Waals surface area contributed by atoms with Gasteiger partial charge in [-0.05, 0) is 49.1 Å². The van der Waals surface area contributed by atoms with Crippen LogP contribution < -0.4 is 20.3 Å². The van der Waals surface area contributed by atoms with Gasteiger partial charge in [-0.1, -0.05) is 29.8 Å². The molecule has 0 aliphatic carbocycles. The number of rotatable bonds is 5. The Bertz CT molecular complexity index is 837. The monoisotopic (exact) mass is 506 g/mol. The van der Waals surface area contributed by atoms with E-state index in [1.54, 1.807) is 0 Å². The van der Waals surface area contributed by atoms with Gasteiger partial charge in [0.05, 0.1) is 6.61 Å². The molecule has 0 bridgehead atoms. The Morgan fingerprint density at radius 3 is 2.83 bits per heavy atom. The van der Waals surface area contributed by atoms with Gasteiger partial charge in [-0.15, -0.1) is 24.0 Å². The Morgan fingerprint density at radius 1 is 1.21 bits per heavy atom. The second kappa shape index (κ2) is 10.2. The van der Waals surface area contributed by atoms with Crippen molar-refractivity contribution in [2.45, 2.75) is 32.2 Å². The first-order valence-electron chi connectivity index (χ1n) is 10.2. The predicted molar refractivity (Wildman–Crippen MR) is 131 cm³/mol. The first kappa shape index (κ1) is 21.7. The van der Waals surface area contributed by atoms with E-state index in [9.17, 15) is 0 Å². The van der Waals surface area contributed by atoms with E-state index in [4.69, 9.17) is 4.74 Å². The van der Waals surface area contributed by atoms with E-state index in [1.807, 2.05) is 7.05 Å². The number of ether oxygens (including phenoxy) is 1. The molecule has 29 heavy (non-hydrogen) atoms. The zero-order valence-electron chi connectivity index (χ0n) is 17.3. The number of nitrogens with one attached hydrogen (secondary N) is 2. The highest BCUT2D eigenvalue weighted by Crippen LogP contribution is 2.26. The zero-order valence-corrected chi connectivity index (χ0v) is 19.6. The summed E-state index contributed by atoms with van der Waals surface area (Å²) in [5, 5.41) is 7.05. The van der Waals surface area contributed by atoms with Crippen LogP contribution in [-0.4, -0.2) is 45.3 Å². The molecule has 4 rings (SSSR count). The molecule has 156 valence electrons. The molecule has 2 N–H and O–H groups in total. The normalized spacial score (nSPS) is 18.1. The van der Waals surface area contributed by atoms with Crippen molar-refractivity contribution in [3.8, 4) is 5.75 Å². The van der Waals surface area contributed by atoms with Crippen LogP contribution in [0.25, 0.3) is 0 Å². The molecule has 1 saturated heterocycles. The highest BCUT2D eigenvalue weighted by Gasteiger charge is 2.23. The second-order valence-electron chi connectivity index (χ2n) is 7.70. The molecular formula is C23H31IN4O. The average molecular weight is 506 g/mol. The van der Waals surface area contributed by atoms with Crippen molar-refractivity contribution in [1.82, 2.24) is 10.6 Å². The average Bonchev–Trinajstić information content (AvgIpc) is 3.37. The Kier molecular flexibility index (Phi) is 7.64. The van der Waals surface area contributed by atoms with Gasteiger partial charge in [0.25, 0.3) is 0 Å². The highest BCUT2D eigenvalue weighted by atomic mass is 127. The SMILES string of the molecule is CN=C(NCCc1ccc2c(c1)CCO2)NC1CCN(c2ccc(C)cc2)C1.I. The van der Waals surface area contributed by atoms with Crippen molar-refractivity contribution in [2.24, 2.45) is 4.99 Å². The molecule has 0 aromatic heterocycles. The van der Waals surface area contributed by atoms with Crippen LogP contribution in [0.5, 0.6) is 5.75 Å². The highest BCUT2D eigenvalue weighted by molar-refractivity contribution is 14.0. The van der Waals surface area contributed by atoms with E-state index in [1.165, 1.54) is 22.4 Å². The van der Waals surface area contributed by atoms with Crippen molar-refractivity contribution >= 4 is 35.6 Å². The van der Waals surface area contributed by atoms with Crippen molar-refractivity contribution in [2.75, 3.05) is 38.2 Å². The number of aryl methyl sites for hydroxylation is 1. The number of hydrogen-bond acceptors (Lipinski definition) is 3. The predicted octanol–water partition coefficient (Wildman–Crippen LogP) is 3.53. The standard InChI is InChI=1S/C23H30N4O.HI/c1-17-3-6-21(7-4-17)27-13-10-20(16-27)26-23(24-2)25-12-9-18-5-8-22-19(15-18)11-14-28-22;/h3-8,15,20H,9-14,16H2,1-2H3,(H2,24,25,26);1H. The molecule has 0 saturated carbocycles. The molecule has 2 aromatic carbocycles. The van der Waals surface area contributed by atoms with Crippen LogP contribution in [0.1, 0.15) is 23.1 Å². The van der Waals surface area contributed by atoms with Crippen LogP contribution in [0.2, 0.25) is 0 Å². The van der Waals surface area contributed by atoms with Gasteiger partial charge in [0.1, 0.15) is 5.75 Å². The third-order valence-electron chi connectivity index (χ3n) is 5.61. The fourth-order valence-electron chi connectivity index (χ4n) is 3.98. The first-order valence-corrected chi connectivity index (χ1v) is 10.2. The van der Waals surface area contributed by atoms with E-state index in [0.29, 0.717) is 6.04 Å². The molecule has 1 unspecified atom stereocenters. The number of anilines is 1. The number of benzene rings is 2. The van der Waals surface area contributed by atoms with E-state index < -0.39 is 0 Å². The van der Waals surface area contributed by atoms with E-state index in [0.717, 1.165) is 57.2 Å². The van der Waals surface area contributed by atoms with E-state index in [2.05, 4.69) is 69.9 Å². The summed E-state index contributed by atoms with van der Waals surface area (Å²) < 4.78 is 5.59. The Morgan fingerprint density at radius 2 is 2.03 bits per heavy atom. The lowest BCUT2D eigenvalue weighted by Crippen LogP contribution is -2.45. The summed E-state index contributed by atoms with van der Waals surface area (Å²) >= 11 is 0. The molecule has 1 atom stereocenters. The number of aliphatic imine (C=N–C) groups is 1. The third kappa shape index (κ3) is 5.56. The van der Waals surface area contributed by atoms with Crippen molar-refractivity contribution in [3.05, 3.63) is 59.2 Å². The van der Waals surface area contributed by atoms with Crippen molar-refractivity contribution in [1.29, 1.82) is 0 Å². The molecule has 0 spiro atoms. The van der Waals surface area contributed by atoms with Gasteiger partial charge in [0.15, 0.2) is 5.96 Å². The van der Waals surface area contributed by atoms with E-state index >= 15 is 0 Å². The molecule has 0 radical (unpaired) electrons. The summed E-state index contributed by atoms with van der Waals surface area (Å²) in [7, 11) is 1.84. The molecule has 2 aliphatic heterocycles. The van der Waals surface area contributed by atoms with E-state index in [-0.39, 0.29) is 24.0 Å². The first-order chi connectivity index (χ1) is 13.7. The van der Waals surface area contributed by atoms with Crippen molar-refractivity contribution in [3.63, 3.8) is 0 Å². The Balaban J connectivity index is 0.00000240. The van der Waals surface area contributed by atoms with Gasteiger partial charge in [-0.2, -0.15) is 0 Å². The van der Waals surface area contributed by atoms with Crippen LogP contribution in [0.3, 0.4) is 0 Å². The summed E-state index contributed by atoms with van der Waals surface area (Å²) in [5.74, 6) is 1.94. The molecule has 5 nitrogen and oxygen atoms in total. The summed E-state index contributed by atoms with van der Waals surface area (Å²) in [4.78, 5) is 6.85. The maximum atomic E-state index is 5.59. The third-order valence-corrected chi connectivity index (χ3v) is 5.61. The van der Waals surface area contributed by atoms with Gasteiger partial charge in [-0.3, -0.25) is 4.99 Å². The fraction of sp³-hybridized carbons (Fsp3) is 0.435. The van der Waals surface area contributed by atoms with Crippen LogP contribution >= 0.6 is 24.0 Å². The molecule has 2 heterocycles. The zero-order chi connectivity index (χ0) is 19.3. The minimum atomic E-state index is 0. The Hall–Kier alpha value is -1.96. The maximum Gasteiger partial charge on any atom is 0.191 e. The summed E-state index contributed by atoms with van der Waals surface area (Å²) in [6.07, 6.45) is 3.13. The quantitative estimate of drug-likeness (QED) is 0.370. The van der Waals surface area contributed by atoms with Crippen LogP contribution in [-0.2, 0) is 12.8 Å². The lowest BCUT2D eigenvalue weighted by molar-refractivity contribution is 0.357. The summed E-state index contributed by atoms with van der Waals surface area (Å²) in [5.41, 5.74) is 5.29. The lowest BCUT2D eigenvalue weighted by atomic mass is 10.1. The summed E-state index contributed by atoms with van der Waals surface area (Å²) in [6.45, 7) is 5.90. The van der Waals surface area contributed by atoms with Gasteiger partial charge in [-0.25, -0.2) is 0 Å². The molecule has 6 heteroatoms.